The molecule has 0 aromatic heterocycles. The van der Waals surface area contributed by atoms with E-state index in [-0.39, 0.29) is 10.4 Å². The SMILES string of the molecule is CCCC(Br)CNC(=O)c1ccc(F)c(F)c1. The third-order valence-corrected chi connectivity index (χ3v) is 3.05. The van der Waals surface area contributed by atoms with Crippen LogP contribution in [-0.2, 0) is 0 Å². The minimum absolute atomic E-state index is 0.125. The fourth-order valence-corrected chi connectivity index (χ4v) is 1.98. The van der Waals surface area contributed by atoms with Crippen LogP contribution in [0.2, 0.25) is 0 Å². The topological polar surface area (TPSA) is 29.1 Å². The van der Waals surface area contributed by atoms with Crippen LogP contribution in [0.4, 0.5) is 8.78 Å². The highest BCUT2D eigenvalue weighted by molar-refractivity contribution is 9.09. The van der Waals surface area contributed by atoms with Gasteiger partial charge in [0, 0.05) is 16.9 Å². The van der Waals surface area contributed by atoms with Gasteiger partial charge < -0.3 is 5.32 Å². The molecule has 2 nitrogen and oxygen atoms in total. The first-order valence-electron chi connectivity index (χ1n) is 5.42. The van der Waals surface area contributed by atoms with Crippen molar-refractivity contribution in [3.63, 3.8) is 0 Å². The number of carbonyl (C=O) groups excluding carboxylic acids is 1. The lowest BCUT2D eigenvalue weighted by atomic mass is 10.2. The smallest absolute Gasteiger partial charge is 0.251 e. The van der Waals surface area contributed by atoms with Crippen molar-refractivity contribution < 1.29 is 13.6 Å². The average molecular weight is 306 g/mol. The molecule has 1 unspecified atom stereocenters. The molecule has 0 heterocycles. The van der Waals surface area contributed by atoms with Crippen molar-refractivity contribution in [1.29, 1.82) is 0 Å². The van der Waals surface area contributed by atoms with Crippen molar-refractivity contribution in [1.82, 2.24) is 5.32 Å². The molecule has 0 saturated heterocycles. The van der Waals surface area contributed by atoms with E-state index in [1.807, 2.05) is 6.92 Å². The maximum absolute atomic E-state index is 12.9. The quantitative estimate of drug-likeness (QED) is 0.831. The van der Waals surface area contributed by atoms with E-state index in [0.717, 1.165) is 25.0 Å². The standard InChI is InChI=1S/C12H14BrF2NO/c1-2-3-9(13)7-16-12(17)8-4-5-10(14)11(15)6-8/h4-6,9H,2-3,7H2,1H3,(H,16,17). The molecule has 0 radical (unpaired) electrons. The molecular weight excluding hydrogens is 292 g/mol. The first-order valence-corrected chi connectivity index (χ1v) is 6.33. The Morgan fingerprint density at radius 1 is 1.41 bits per heavy atom. The summed E-state index contributed by atoms with van der Waals surface area (Å²) < 4.78 is 25.6. The molecule has 0 aliphatic heterocycles. The Morgan fingerprint density at radius 3 is 2.71 bits per heavy atom. The molecule has 0 fully saturated rings. The van der Waals surface area contributed by atoms with Gasteiger partial charge in [-0.15, -0.1) is 0 Å². The Kier molecular flexibility index (Phi) is 5.55. The molecule has 0 saturated carbocycles. The van der Waals surface area contributed by atoms with E-state index in [1.54, 1.807) is 0 Å². The van der Waals surface area contributed by atoms with E-state index in [2.05, 4.69) is 21.2 Å². The number of alkyl halides is 1. The molecule has 1 rings (SSSR count). The summed E-state index contributed by atoms with van der Waals surface area (Å²) in [5, 5.41) is 2.66. The Bertz CT molecular complexity index is 398. The van der Waals surface area contributed by atoms with Gasteiger partial charge >= 0.3 is 0 Å². The molecule has 0 aliphatic carbocycles. The predicted molar refractivity (Wildman–Crippen MR) is 66.3 cm³/mol. The molecule has 0 aliphatic rings. The van der Waals surface area contributed by atoms with E-state index >= 15 is 0 Å². The summed E-state index contributed by atoms with van der Waals surface area (Å²) in [6.07, 6.45) is 1.95. The zero-order valence-corrected chi connectivity index (χ0v) is 11.1. The Hall–Kier alpha value is -0.970. The van der Waals surface area contributed by atoms with E-state index in [1.165, 1.54) is 6.07 Å². The van der Waals surface area contributed by atoms with E-state index in [0.29, 0.717) is 6.54 Å². The summed E-state index contributed by atoms with van der Waals surface area (Å²) in [4.78, 5) is 11.8. The van der Waals surface area contributed by atoms with Crippen LogP contribution in [-0.4, -0.2) is 17.3 Å². The van der Waals surface area contributed by atoms with Crippen LogP contribution >= 0.6 is 15.9 Å². The first-order chi connectivity index (χ1) is 8.04. The second kappa shape index (κ2) is 6.69. The monoisotopic (exact) mass is 305 g/mol. The minimum atomic E-state index is -1.01. The molecule has 1 N–H and O–H groups in total. The maximum atomic E-state index is 12.9. The van der Waals surface area contributed by atoms with Crippen molar-refractivity contribution in [2.75, 3.05) is 6.54 Å². The fraction of sp³-hybridized carbons (Fsp3) is 0.417. The number of halogens is 3. The third-order valence-electron chi connectivity index (χ3n) is 2.27. The van der Waals surface area contributed by atoms with Crippen molar-refractivity contribution in [3.05, 3.63) is 35.4 Å². The van der Waals surface area contributed by atoms with Gasteiger partial charge in [-0.2, -0.15) is 0 Å². The van der Waals surface area contributed by atoms with Crippen LogP contribution in [0, 0.1) is 11.6 Å². The first kappa shape index (κ1) is 14.1. The Labute approximate surface area is 108 Å². The zero-order chi connectivity index (χ0) is 12.8. The highest BCUT2D eigenvalue weighted by Crippen LogP contribution is 2.10. The summed E-state index contributed by atoms with van der Waals surface area (Å²) in [6, 6.07) is 3.10. The highest BCUT2D eigenvalue weighted by atomic mass is 79.9. The largest absolute Gasteiger partial charge is 0.351 e. The van der Waals surface area contributed by atoms with E-state index in [9.17, 15) is 13.6 Å². The van der Waals surface area contributed by atoms with Crippen LogP contribution in [0.15, 0.2) is 18.2 Å². The molecule has 0 spiro atoms. The zero-order valence-electron chi connectivity index (χ0n) is 9.47. The fourth-order valence-electron chi connectivity index (χ4n) is 1.36. The second-order valence-electron chi connectivity index (χ2n) is 3.72. The number of hydrogen-bond acceptors (Lipinski definition) is 1. The van der Waals surface area contributed by atoms with Gasteiger partial charge in [-0.1, -0.05) is 29.3 Å². The number of amides is 1. The van der Waals surface area contributed by atoms with Gasteiger partial charge in [-0.05, 0) is 24.6 Å². The van der Waals surface area contributed by atoms with E-state index in [4.69, 9.17) is 0 Å². The van der Waals surface area contributed by atoms with Gasteiger partial charge in [0.2, 0.25) is 0 Å². The van der Waals surface area contributed by atoms with Crippen LogP contribution in [0.3, 0.4) is 0 Å². The Balaban J connectivity index is 2.55. The molecule has 94 valence electrons. The number of hydrogen-bond donors (Lipinski definition) is 1. The second-order valence-corrected chi connectivity index (χ2v) is 5.02. The summed E-state index contributed by atoms with van der Waals surface area (Å²) in [6.45, 7) is 2.51. The molecular formula is C12H14BrF2NO. The van der Waals surface area contributed by atoms with Gasteiger partial charge in [0.25, 0.3) is 5.91 Å². The van der Waals surface area contributed by atoms with Crippen molar-refractivity contribution >= 4 is 21.8 Å². The van der Waals surface area contributed by atoms with Gasteiger partial charge in [0.15, 0.2) is 11.6 Å². The maximum Gasteiger partial charge on any atom is 0.251 e. The molecule has 1 amide bonds. The molecule has 5 heteroatoms. The normalized spacial score (nSPS) is 12.2. The lowest BCUT2D eigenvalue weighted by Gasteiger charge is -2.10. The molecule has 1 aromatic carbocycles. The third kappa shape index (κ3) is 4.42. The Morgan fingerprint density at radius 2 is 2.12 bits per heavy atom. The van der Waals surface area contributed by atoms with Crippen LogP contribution in [0.5, 0.6) is 0 Å². The lowest BCUT2D eigenvalue weighted by molar-refractivity contribution is 0.0953. The van der Waals surface area contributed by atoms with E-state index < -0.39 is 17.5 Å². The van der Waals surface area contributed by atoms with Crippen molar-refractivity contribution in [2.24, 2.45) is 0 Å². The lowest BCUT2D eigenvalue weighted by Crippen LogP contribution is -2.29. The number of benzene rings is 1. The van der Waals surface area contributed by atoms with Crippen LogP contribution in [0.25, 0.3) is 0 Å². The van der Waals surface area contributed by atoms with Crippen molar-refractivity contribution in [2.45, 2.75) is 24.6 Å². The highest BCUT2D eigenvalue weighted by Gasteiger charge is 2.10. The van der Waals surface area contributed by atoms with Crippen molar-refractivity contribution in [3.8, 4) is 0 Å². The molecule has 17 heavy (non-hydrogen) atoms. The predicted octanol–water partition coefficient (Wildman–Crippen LogP) is 3.26. The molecule has 0 bridgehead atoms. The average Bonchev–Trinajstić information content (AvgIpc) is 2.30. The van der Waals surface area contributed by atoms with Crippen LogP contribution < -0.4 is 5.32 Å². The molecule has 1 atom stereocenters. The van der Waals surface area contributed by atoms with Gasteiger partial charge in [-0.25, -0.2) is 8.78 Å². The van der Waals surface area contributed by atoms with Gasteiger partial charge in [-0.3, -0.25) is 4.79 Å². The number of rotatable bonds is 5. The summed E-state index contributed by atoms with van der Waals surface area (Å²) >= 11 is 3.42. The molecule has 1 aromatic rings. The van der Waals surface area contributed by atoms with Gasteiger partial charge in [0.1, 0.15) is 0 Å². The number of nitrogens with one attached hydrogen (secondary N) is 1. The minimum Gasteiger partial charge on any atom is -0.351 e. The summed E-state index contributed by atoms with van der Waals surface area (Å²) in [5.41, 5.74) is 0.125. The summed E-state index contributed by atoms with van der Waals surface area (Å²) in [5.74, 6) is -2.36. The number of carbonyl (C=O) groups is 1. The summed E-state index contributed by atoms with van der Waals surface area (Å²) in [7, 11) is 0. The van der Waals surface area contributed by atoms with Crippen LogP contribution in [0.1, 0.15) is 30.1 Å². The van der Waals surface area contributed by atoms with Gasteiger partial charge in [0.05, 0.1) is 0 Å².